The maximum Gasteiger partial charge on any atom is 0.184 e. The summed E-state index contributed by atoms with van der Waals surface area (Å²) in [6.07, 6.45) is 0. The number of anilines is 1. The Bertz CT molecular complexity index is 716. The Kier molecular flexibility index (Phi) is 2.56. The molecule has 0 unspecified atom stereocenters. The number of pyridine rings is 1. The summed E-state index contributed by atoms with van der Waals surface area (Å²) in [4.78, 5) is 0. The van der Waals surface area contributed by atoms with Crippen molar-refractivity contribution in [3.63, 3.8) is 0 Å². The van der Waals surface area contributed by atoms with Crippen LogP contribution in [-0.2, 0) is 0 Å². The summed E-state index contributed by atoms with van der Waals surface area (Å²) >= 11 is 3.42. The molecule has 1 aromatic carbocycles. The van der Waals surface area contributed by atoms with E-state index in [1.807, 2.05) is 47.7 Å². The van der Waals surface area contributed by atoms with E-state index in [9.17, 15) is 0 Å². The van der Waals surface area contributed by atoms with E-state index in [2.05, 4.69) is 26.1 Å². The summed E-state index contributed by atoms with van der Waals surface area (Å²) < 4.78 is 3.01. The van der Waals surface area contributed by atoms with Crippen molar-refractivity contribution in [2.24, 2.45) is 0 Å². The molecular weight excluding hydrogens is 292 g/mol. The van der Waals surface area contributed by atoms with E-state index >= 15 is 0 Å². The molecular formula is C13H11BrN4. The minimum Gasteiger partial charge on any atom is -0.396 e. The Morgan fingerprint density at radius 1 is 1.06 bits per heavy atom. The molecule has 5 heteroatoms. The quantitative estimate of drug-likeness (QED) is 0.751. The van der Waals surface area contributed by atoms with Gasteiger partial charge in [0.2, 0.25) is 0 Å². The van der Waals surface area contributed by atoms with Crippen LogP contribution in [0, 0.1) is 6.92 Å². The first-order valence-electron chi connectivity index (χ1n) is 5.53. The summed E-state index contributed by atoms with van der Waals surface area (Å²) in [5.74, 6) is 0.808. The van der Waals surface area contributed by atoms with E-state index in [1.54, 1.807) is 0 Å². The largest absolute Gasteiger partial charge is 0.396 e. The molecule has 0 amide bonds. The van der Waals surface area contributed by atoms with Gasteiger partial charge in [-0.1, -0.05) is 28.1 Å². The number of nitrogens with zero attached hydrogens (tertiary/aromatic N) is 3. The Balaban J connectivity index is 2.30. The lowest BCUT2D eigenvalue weighted by Crippen LogP contribution is -1.97. The van der Waals surface area contributed by atoms with E-state index in [0.717, 1.165) is 21.6 Å². The van der Waals surface area contributed by atoms with Crippen LogP contribution in [0.4, 0.5) is 5.69 Å². The summed E-state index contributed by atoms with van der Waals surface area (Å²) in [6, 6.07) is 11.8. The number of rotatable bonds is 1. The number of hydrogen-bond donors (Lipinski definition) is 1. The van der Waals surface area contributed by atoms with Gasteiger partial charge in [-0.2, -0.15) is 0 Å². The second kappa shape index (κ2) is 4.10. The lowest BCUT2D eigenvalue weighted by Gasteiger charge is -2.05. The van der Waals surface area contributed by atoms with E-state index in [1.165, 1.54) is 0 Å². The molecule has 0 atom stereocenters. The second-order valence-electron chi connectivity index (χ2n) is 4.12. The summed E-state index contributed by atoms with van der Waals surface area (Å²) in [6.45, 7) is 2.01. The SMILES string of the molecule is Cc1ccc(N)c2nnc(-c3ccc(Br)cc3)n12. The summed E-state index contributed by atoms with van der Waals surface area (Å²) in [7, 11) is 0. The molecule has 4 nitrogen and oxygen atoms in total. The van der Waals surface area contributed by atoms with Crippen molar-refractivity contribution < 1.29 is 0 Å². The van der Waals surface area contributed by atoms with Crippen LogP contribution < -0.4 is 5.73 Å². The van der Waals surface area contributed by atoms with Crippen LogP contribution in [0.1, 0.15) is 5.69 Å². The van der Waals surface area contributed by atoms with Gasteiger partial charge in [0.25, 0.3) is 0 Å². The lowest BCUT2D eigenvalue weighted by atomic mass is 10.2. The smallest absolute Gasteiger partial charge is 0.184 e. The number of aryl methyl sites for hydroxylation is 1. The second-order valence-corrected chi connectivity index (χ2v) is 5.04. The maximum absolute atomic E-state index is 5.91. The van der Waals surface area contributed by atoms with Crippen LogP contribution in [-0.4, -0.2) is 14.6 Å². The van der Waals surface area contributed by atoms with Crippen molar-refractivity contribution in [2.45, 2.75) is 6.92 Å². The molecule has 0 aliphatic heterocycles. The van der Waals surface area contributed by atoms with Gasteiger partial charge < -0.3 is 5.73 Å². The van der Waals surface area contributed by atoms with Gasteiger partial charge in [-0.15, -0.1) is 10.2 Å². The fraction of sp³-hybridized carbons (Fsp3) is 0.0769. The molecule has 0 saturated heterocycles. The van der Waals surface area contributed by atoms with E-state index < -0.39 is 0 Å². The average molecular weight is 303 g/mol. The number of fused-ring (bicyclic) bond motifs is 1. The predicted octanol–water partition coefficient (Wildman–Crippen LogP) is 3.05. The molecule has 2 aromatic heterocycles. The zero-order valence-electron chi connectivity index (χ0n) is 9.76. The third kappa shape index (κ3) is 1.67. The number of aromatic nitrogens is 3. The molecule has 2 N–H and O–H groups in total. The molecule has 2 heterocycles. The minimum atomic E-state index is 0.636. The molecule has 0 radical (unpaired) electrons. The fourth-order valence-electron chi connectivity index (χ4n) is 1.95. The highest BCUT2D eigenvalue weighted by atomic mass is 79.9. The van der Waals surface area contributed by atoms with Gasteiger partial charge in [-0.25, -0.2) is 0 Å². The van der Waals surface area contributed by atoms with Crippen LogP contribution in [0.15, 0.2) is 40.9 Å². The molecule has 0 spiro atoms. The Labute approximate surface area is 113 Å². The van der Waals surface area contributed by atoms with Gasteiger partial charge >= 0.3 is 0 Å². The Morgan fingerprint density at radius 3 is 2.50 bits per heavy atom. The van der Waals surface area contributed by atoms with Crippen LogP contribution >= 0.6 is 15.9 Å². The molecule has 18 heavy (non-hydrogen) atoms. The van der Waals surface area contributed by atoms with Crippen molar-refractivity contribution in [2.75, 3.05) is 5.73 Å². The van der Waals surface area contributed by atoms with E-state index in [-0.39, 0.29) is 0 Å². The first-order valence-corrected chi connectivity index (χ1v) is 6.32. The molecule has 0 saturated carbocycles. The predicted molar refractivity (Wildman–Crippen MR) is 75.3 cm³/mol. The van der Waals surface area contributed by atoms with Crippen LogP contribution in [0.25, 0.3) is 17.0 Å². The third-order valence-corrected chi connectivity index (χ3v) is 3.41. The Hall–Kier alpha value is -1.88. The normalized spacial score (nSPS) is 11.0. The first kappa shape index (κ1) is 11.2. The molecule has 0 aliphatic carbocycles. The molecule has 3 aromatic rings. The monoisotopic (exact) mass is 302 g/mol. The van der Waals surface area contributed by atoms with Crippen molar-refractivity contribution >= 4 is 27.3 Å². The number of hydrogen-bond acceptors (Lipinski definition) is 3. The van der Waals surface area contributed by atoms with Gasteiger partial charge in [-0.3, -0.25) is 4.40 Å². The first-order chi connectivity index (χ1) is 8.66. The Morgan fingerprint density at radius 2 is 1.78 bits per heavy atom. The van der Waals surface area contributed by atoms with Gasteiger partial charge in [0.1, 0.15) is 0 Å². The van der Waals surface area contributed by atoms with Gasteiger partial charge in [0.15, 0.2) is 11.5 Å². The molecule has 0 bridgehead atoms. The number of halogens is 1. The van der Waals surface area contributed by atoms with Crippen LogP contribution in [0.2, 0.25) is 0 Å². The number of nitrogen functional groups attached to an aromatic ring is 1. The molecule has 90 valence electrons. The van der Waals surface area contributed by atoms with E-state index in [4.69, 9.17) is 5.73 Å². The van der Waals surface area contributed by atoms with E-state index in [0.29, 0.717) is 11.3 Å². The van der Waals surface area contributed by atoms with Gasteiger partial charge in [0.05, 0.1) is 5.69 Å². The number of nitrogens with two attached hydrogens (primary N) is 1. The number of benzene rings is 1. The van der Waals surface area contributed by atoms with Crippen molar-refractivity contribution in [1.82, 2.24) is 14.6 Å². The highest BCUT2D eigenvalue weighted by Crippen LogP contribution is 2.24. The molecule has 0 aliphatic rings. The highest BCUT2D eigenvalue weighted by molar-refractivity contribution is 9.10. The minimum absolute atomic E-state index is 0.636. The zero-order chi connectivity index (χ0) is 12.7. The van der Waals surface area contributed by atoms with Crippen LogP contribution in [0.5, 0.6) is 0 Å². The van der Waals surface area contributed by atoms with Crippen LogP contribution in [0.3, 0.4) is 0 Å². The zero-order valence-corrected chi connectivity index (χ0v) is 11.3. The lowest BCUT2D eigenvalue weighted by molar-refractivity contribution is 1.08. The summed E-state index contributed by atoms with van der Waals surface area (Å²) in [5.41, 5.74) is 9.32. The summed E-state index contributed by atoms with van der Waals surface area (Å²) in [5, 5.41) is 8.39. The van der Waals surface area contributed by atoms with Gasteiger partial charge in [0, 0.05) is 15.7 Å². The average Bonchev–Trinajstić information content (AvgIpc) is 2.81. The van der Waals surface area contributed by atoms with Gasteiger partial charge in [-0.05, 0) is 31.2 Å². The fourth-order valence-corrected chi connectivity index (χ4v) is 2.21. The van der Waals surface area contributed by atoms with Crippen molar-refractivity contribution in [3.8, 4) is 11.4 Å². The highest BCUT2D eigenvalue weighted by Gasteiger charge is 2.11. The standard InChI is InChI=1S/C13H11BrN4/c1-8-2-7-11(15)13-17-16-12(18(8)13)9-3-5-10(14)6-4-9/h2-7H,15H2,1H3. The maximum atomic E-state index is 5.91. The topological polar surface area (TPSA) is 56.2 Å². The molecule has 3 rings (SSSR count). The van der Waals surface area contributed by atoms with Crippen molar-refractivity contribution in [3.05, 3.63) is 46.6 Å². The third-order valence-electron chi connectivity index (χ3n) is 2.88. The molecule has 0 fully saturated rings. The van der Waals surface area contributed by atoms with Crippen molar-refractivity contribution in [1.29, 1.82) is 0 Å².